The van der Waals surface area contributed by atoms with Crippen molar-refractivity contribution in [1.29, 1.82) is 5.26 Å². The van der Waals surface area contributed by atoms with Crippen LogP contribution in [0.4, 0.5) is 5.69 Å². The molecule has 1 saturated carbocycles. The van der Waals surface area contributed by atoms with Crippen LogP contribution in [-0.4, -0.2) is 5.54 Å². The normalized spacial score (nSPS) is 27.4. The van der Waals surface area contributed by atoms with E-state index in [2.05, 4.69) is 25.2 Å². The van der Waals surface area contributed by atoms with Gasteiger partial charge >= 0.3 is 0 Å². The molecule has 90 valence electrons. The van der Waals surface area contributed by atoms with Crippen molar-refractivity contribution < 1.29 is 0 Å². The van der Waals surface area contributed by atoms with E-state index in [9.17, 15) is 5.26 Å². The smallest absolute Gasteiger partial charge is 0.125 e. The Morgan fingerprint density at radius 2 is 1.94 bits per heavy atom. The third-order valence-corrected chi connectivity index (χ3v) is 3.86. The molecule has 2 nitrogen and oxygen atoms in total. The van der Waals surface area contributed by atoms with E-state index in [1.54, 1.807) is 0 Å². The molecule has 1 fully saturated rings. The first-order chi connectivity index (χ1) is 8.04. The molecule has 1 aromatic rings. The minimum atomic E-state index is -0.372. The van der Waals surface area contributed by atoms with Gasteiger partial charge in [0.15, 0.2) is 0 Å². The zero-order valence-electron chi connectivity index (χ0n) is 10.2. The Bertz CT molecular complexity index is 425. The number of nitrogens with one attached hydrogen (secondary N) is 1. The van der Waals surface area contributed by atoms with Gasteiger partial charge in [0.1, 0.15) is 5.54 Å². The molecule has 0 unspecified atom stereocenters. The predicted molar refractivity (Wildman–Crippen MR) is 71.0 cm³/mol. The fourth-order valence-corrected chi connectivity index (χ4v) is 2.46. The highest BCUT2D eigenvalue weighted by molar-refractivity contribution is 6.30. The van der Waals surface area contributed by atoms with Gasteiger partial charge in [-0.25, -0.2) is 0 Å². The summed E-state index contributed by atoms with van der Waals surface area (Å²) in [5, 5.41) is 13.4. The van der Waals surface area contributed by atoms with Crippen molar-refractivity contribution in [2.45, 2.75) is 32.2 Å². The summed E-state index contributed by atoms with van der Waals surface area (Å²) in [4.78, 5) is 0. The van der Waals surface area contributed by atoms with Gasteiger partial charge in [-0.2, -0.15) is 5.26 Å². The van der Waals surface area contributed by atoms with Crippen LogP contribution in [0.15, 0.2) is 24.3 Å². The summed E-state index contributed by atoms with van der Waals surface area (Å²) in [5.74, 6) is 1.32. The second-order valence-corrected chi connectivity index (χ2v) is 5.67. The molecule has 3 heteroatoms. The lowest BCUT2D eigenvalue weighted by atomic mass is 9.64. The lowest BCUT2D eigenvalue weighted by molar-refractivity contribution is 0.165. The molecule has 0 aromatic heterocycles. The largest absolute Gasteiger partial charge is 0.367 e. The Labute approximate surface area is 108 Å². The summed E-state index contributed by atoms with van der Waals surface area (Å²) in [6, 6.07) is 9.94. The van der Waals surface area contributed by atoms with E-state index in [1.165, 1.54) is 0 Å². The molecule has 17 heavy (non-hydrogen) atoms. The second kappa shape index (κ2) is 4.58. The molecule has 0 radical (unpaired) electrons. The van der Waals surface area contributed by atoms with Crippen molar-refractivity contribution in [1.82, 2.24) is 0 Å². The van der Waals surface area contributed by atoms with Crippen molar-refractivity contribution in [3.05, 3.63) is 29.3 Å². The van der Waals surface area contributed by atoms with Gasteiger partial charge in [-0.3, -0.25) is 0 Å². The Hall–Kier alpha value is -1.20. The molecule has 0 saturated heterocycles. The van der Waals surface area contributed by atoms with E-state index in [0.717, 1.165) is 23.6 Å². The third kappa shape index (κ3) is 2.56. The lowest BCUT2D eigenvalue weighted by Gasteiger charge is -2.45. The highest BCUT2D eigenvalue weighted by atomic mass is 35.5. The van der Waals surface area contributed by atoms with E-state index in [-0.39, 0.29) is 5.54 Å². The highest BCUT2D eigenvalue weighted by Crippen LogP contribution is 2.43. The molecular formula is C14H17ClN2. The van der Waals surface area contributed by atoms with Crippen LogP contribution in [0.1, 0.15) is 26.7 Å². The molecule has 1 N–H and O–H groups in total. The van der Waals surface area contributed by atoms with E-state index < -0.39 is 0 Å². The van der Waals surface area contributed by atoms with Gasteiger partial charge in [0, 0.05) is 10.7 Å². The summed E-state index contributed by atoms with van der Waals surface area (Å²) < 4.78 is 0. The van der Waals surface area contributed by atoms with Crippen LogP contribution in [-0.2, 0) is 0 Å². The zero-order chi connectivity index (χ0) is 12.5. The van der Waals surface area contributed by atoms with Gasteiger partial charge in [0.2, 0.25) is 0 Å². The van der Waals surface area contributed by atoms with Crippen LogP contribution < -0.4 is 5.32 Å². The first-order valence-corrected chi connectivity index (χ1v) is 6.37. The molecule has 0 atom stereocenters. The van der Waals surface area contributed by atoms with Crippen molar-refractivity contribution in [3.8, 4) is 6.07 Å². The maximum absolute atomic E-state index is 9.31. The maximum atomic E-state index is 9.31. The molecule has 0 spiro atoms. The van der Waals surface area contributed by atoms with E-state index in [0.29, 0.717) is 11.8 Å². The van der Waals surface area contributed by atoms with E-state index in [4.69, 9.17) is 11.6 Å². The first kappa shape index (κ1) is 12.3. The molecule has 0 heterocycles. The minimum absolute atomic E-state index is 0.372. The standard InChI is InChI=1S/C14H17ClN2/c1-10(2)11-7-14(8-11,9-16)17-13-5-3-12(15)4-6-13/h3-6,10-11,17H,7-8H2,1-2H3. The quantitative estimate of drug-likeness (QED) is 0.875. The van der Waals surface area contributed by atoms with Crippen molar-refractivity contribution in [2.24, 2.45) is 11.8 Å². The van der Waals surface area contributed by atoms with Crippen LogP contribution in [0.3, 0.4) is 0 Å². The molecule has 0 amide bonds. The topological polar surface area (TPSA) is 35.8 Å². The molecule has 0 aliphatic heterocycles. The Morgan fingerprint density at radius 3 is 2.41 bits per heavy atom. The molecule has 2 rings (SSSR count). The van der Waals surface area contributed by atoms with Crippen LogP contribution in [0, 0.1) is 23.2 Å². The molecule has 0 bridgehead atoms. The minimum Gasteiger partial charge on any atom is -0.367 e. The Balaban J connectivity index is 2.03. The average Bonchev–Trinajstić information content (AvgIpc) is 2.25. The van der Waals surface area contributed by atoms with Crippen LogP contribution >= 0.6 is 11.6 Å². The summed E-state index contributed by atoms with van der Waals surface area (Å²) in [6.07, 6.45) is 1.87. The fraction of sp³-hybridized carbons (Fsp3) is 0.500. The Kier molecular flexibility index (Phi) is 3.31. The van der Waals surface area contributed by atoms with Crippen molar-refractivity contribution in [2.75, 3.05) is 5.32 Å². The summed E-state index contributed by atoms with van der Waals surface area (Å²) in [5.41, 5.74) is 0.598. The molecule has 1 aliphatic rings. The first-order valence-electron chi connectivity index (χ1n) is 6.00. The van der Waals surface area contributed by atoms with E-state index in [1.807, 2.05) is 24.3 Å². The maximum Gasteiger partial charge on any atom is 0.125 e. The number of hydrogen-bond acceptors (Lipinski definition) is 2. The summed E-state index contributed by atoms with van der Waals surface area (Å²) in [7, 11) is 0. The number of halogens is 1. The van der Waals surface area contributed by atoms with Crippen LogP contribution in [0.5, 0.6) is 0 Å². The number of nitrogens with zero attached hydrogens (tertiary/aromatic N) is 1. The summed E-state index contributed by atoms with van der Waals surface area (Å²) >= 11 is 5.84. The Morgan fingerprint density at radius 1 is 1.35 bits per heavy atom. The van der Waals surface area contributed by atoms with E-state index >= 15 is 0 Å². The van der Waals surface area contributed by atoms with Gasteiger partial charge in [-0.15, -0.1) is 0 Å². The van der Waals surface area contributed by atoms with Gasteiger partial charge in [-0.05, 0) is 48.9 Å². The van der Waals surface area contributed by atoms with Gasteiger partial charge in [0.05, 0.1) is 6.07 Å². The third-order valence-electron chi connectivity index (χ3n) is 3.61. The lowest BCUT2D eigenvalue weighted by Crippen LogP contribution is -2.50. The number of anilines is 1. The van der Waals surface area contributed by atoms with Gasteiger partial charge in [0.25, 0.3) is 0 Å². The molecule has 1 aromatic carbocycles. The highest BCUT2D eigenvalue weighted by Gasteiger charge is 2.45. The fourth-order valence-electron chi connectivity index (χ4n) is 2.34. The van der Waals surface area contributed by atoms with Crippen molar-refractivity contribution >= 4 is 17.3 Å². The number of benzene rings is 1. The summed E-state index contributed by atoms with van der Waals surface area (Å²) in [6.45, 7) is 4.43. The average molecular weight is 249 g/mol. The molecule has 1 aliphatic carbocycles. The van der Waals surface area contributed by atoms with Gasteiger partial charge < -0.3 is 5.32 Å². The monoisotopic (exact) mass is 248 g/mol. The SMILES string of the molecule is CC(C)C1CC(C#N)(Nc2ccc(Cl)cc2)C1. The van der Waals surface area contributed by atoms with Crippen LogP contribution in [0.2, 0.25) is 5.02 Å². The zero-order valence-corrected chi connectivity index (χ0v) is 11.0. The number of rotatable bonds is 3. The number of hydrogen-bond donors (Lipinski definition) is 1. The second-order valence-electron chi connectivity index (χ2n) is 5.24. The molecular weight excluding hydrogens is 232 g/mol. The van der Waals surface area contributed by atoms with Gasteiger partial charge in [-0.1, -0.05) is 25.4 Å². The van der Waals surface area contributed by atoms with Crippen molar-refractivity contribution in [3.63, 3.8) is 0 Å². The number of nitriles is 1. The predicted octanol–water partition coefficient (Wildman–Crippen LogP) is 4.08. The van der Waals surface area contributed by atoms with Crippen LogP contribution in [0.25, 0.3) is 0 Å².